The number of anilines is 1. The summed E-state index contributed by atoms with van der Waals surface area (Å²) in [4.78, 5) is 7.06. The maximum Gasteiger partial charge on any atom is 0.129 e. The third kappa shape index (κ3) is 1.82. The van der Waals surface area contributed by atoms with Gasteiger partial charge in [-0.05, 0) is 43.2 Å². The first-order valence-electron chi connectivity index (χ1n) is 6.66. The van der Waals surface area contributed by atoms with Crippen LogP contribution < -0.4 is 4.90 Å². The maximum absolute atomic E-state index is 9.49. The molecule has 1 N–H and O–H groups in total. The number of fused-ring (bicyclic) bond motifs is 1. The summed E-state index contributed by atoms with van der Waals surface area (Å²) in [5.41, 5.74) is 2.69. The van der Waals surface area contributed by atoms with E-state index in [2.05, 4.69) is 24.0 Å². The second kappa shape index (κ2) is 4.30. The number of rotatable bonds is 2. The van der Waals surface area contributed by atoms with Crippen molar-refractivity contribution in [1.29, 1.82) is 0 Å². The molecular formula is C14H20N2O. The third-order valence-electron chi connectivity index (χ3n) is 4.28. The Bertz CT molecular complexity index is 419. The van der Waals surface area contributed by atoms with Gasteiger partial charge in [0, 0.05) is 12.2 Å². The smallest absolute Gasteiger partial charge is 0.129 e. The Kier molecular flexibility index (Phi) is 2.79. The lowest BCUT2D eigenvalue weighted by Crippen LogP contribution is -2.35. The number of aromatic nitrogens is 1. The van der Waals surface area contributed by atoms with Gasteiger partial charge in [0.25, 0.3) is 0 Å². The molecule has 0 saturated carbocycles. The Morgan fingerprint density at radius 3 is 3.12 bits per heavy atom. The molecule has 92 valence electrons. The van der Waals surface area contributed by atoms with Gasteiger partial charge in [-0.15, -0.1) is 0 Å². The highest BCUT2D eigenvalue weighted by atomic mass is 16.3. The van der Waals surface area contributed by atoms with Gasteiger partial charge in [0.1, 0.15) is 5.82 Å². The molecule has 1 aliphatic carbocycles. The lowest BCUT2D eigenvalue weighted by atomic mass is 10.0. The molecule has 2 unspecified atom stereocenters. The van der Waals surface area contributed by atoms with Gasteiger partial charge in [-0.2, -0.15) is 0 Å². The summed E-state index contributed by atoms with van der Waals surface area (Å²) in [6.45, 7) is 3.48. The van der Waals surface area contributed by atoms with E-state index < -0.39 is 0 Å². The van der Waals surface area contributed by atoms with Gasteiger partial charge in [0.05, 0.1) is 12.6 Å². The Morgan fingerprint density at radius 2 is 2.29 bits per heavy atom. The first-order valence-corrected chi connectivity index (χ1v) is 6.66. The fourth-order valence-corrected chi connectivity index (χ4v) is 3.14. The van der Waals surface area contributed by atoms with Crippen LogP contribution in [-0.2, 0) is 12.8 Å². The lowest BCUT2D eigenvalue weighted by Gasteiger charge is -2.26. The van der Waals surface area contributed by atoms with Crippen LogP contribution in [0.1, 0.15) is 31.0 Å². The lowest BCUT2D eigenvalue weighted by molar-refractivity contribution is 0.244. The van der Waals surface area contributed by atoms with Crippen LogP contribution in [0, 0.1) is 5.92 Å². The minimum absolute atomic E-state index is 0.236. The molecule has 1 saturated heterocycles. The van der Waals surface area contributed by atoms with Gasteiger partial charge in [-0.3, -0.25) is 0 Å². The summed E-state index contributed by atoms with van der Waals surface area (Å²) in [6, 6.07) is 4.61. The SMILES string of the molecule is CC1CCN(c2ccc3c(n2)CCC3)C1CO. The Morgan fingerprint density at radius 1 is 1.41 bits per heavy atom. The number of aryl methyl sites for hydroxylation is 2. The van der Waals surface area contributed by atoms with Crippen LogP contribution in [0.3, 0.4) is 0 Å². The van der Waals surface area contributed by atoms with E-state index >= 15 is 0 Å². The molecule has 3 nitrogen and oxygen atoms in total. The molecule has 1 aliphatic heterocycles. The van der Waals surface area contributed by atoms with E-state index in [-0.39, 0.29) is 12.6 Å². The van der Waals surface area contributed by atoms with E-state index in [9.17, 15) is 5.11 Å². The molecule has 3 rings (SSSR count). The summed E-state index contributed by atoms with van der Waals surface area (Å²) in [5, 5.41) is 9.49. The number of aliphatic hydroxyl groups excluding tert-OH is 1. The van der Waals surface area contributed by atoms with Gasteiger partial charge in [0.2, 0.25) is 0 Å². The first-order chi connectivity index (χ1) is 8.29. The van der Waals surface area contributed by atoms with Crippen LogP contribution in [0.25, 0.3) is 0 Å². The molecule has 0 aromatic carbocycles. The van der Waals surface area contributed by atoms with Crippen molar-refractivity contribution in [3.63, 3.8) is 0 Å². The normalized spacial score (nSPS) is 27.5. The second-order valence-corrected chi connectivity index (χ2v) is 5.34. The van der Waals surface area contributed by atoms with Crippen molar-refractivity contribution in [2.24, 2.45) is 5.92 Å². The number of aliphatic hydroxyl groups is 1. The van der Waals surface area contributed by atoms with Crippen molar-refractivity contribution >= 4 is 5.82 Å². The topological polar surface area (TPSA) is 36.4 Å². The molecule has 0 radical (unpaired) electrons. The van der Waals surface area contributed by atoms with Crippen LogP contribution in [0.5, 0.6) is 0 Å². The summed E-state index contributed by atoms with van der Waals surface area (Å²) >= 11 is 0. The quantitative estimate of drug-likeness (QED) is 0.844. The number of pyridine rings is 1. The minimum atomic E-state index is 0.236. The molecule has 17 heavy (non-hydrogen) atoms. The van der Waals surface area contributed by atoms with Crippen LogP contribution in [0.4, 0.5) is 5.82 Å². The van der Waals surface area contributed by atoms with E-state index in [0.717, 1.165) is 25.2 Å². The molecule has 0 spiro atoms. The highest BCUT2D eigenvalue weighted by Gasteiger charge is 2.31. The van der Waals surface area contributed by atoms with Crippen LogP contribution in [-0.4, -0.2) is 29.3 Å². The van der Waals surface area contributed by atoms with Crippen LogP contribution in [0.2, 0.25) is 0 Å². The van der Waals surface area contributed by atoms with Crippen molar-refractivity contribution in [3.8, 4) is 0 Å². The van der Waals surface area contributed by atoms with E-state index in [1.165, 1.54) is 24.1 Å². The maximum atomic E-state index is 9.49. The molecule has 1 fully saturated rings. The second-order valence-electron chi connectivity index (χ2n) is 5.34. The number of nitrogens with zero attached hydrogens (tertiary/aromatic N) is 2. The average molecular weight is 232 g/mol. The minimum Gasteiger partial charge on any atom is -0.394 e. The largest absolute Gasteiger partial charge is 0.394 e. The van der Waals surface area contributed by atoms with Crippen molar-refractivity contribution in [1.82, 2.24) is 4.98 Å². The molecule has 0 bridgehead atoms. The van der Waals surface area contributed by atoms with Gasteiger partial charge in [-0.1, -0.05) is 13.0 Å². The van der Waals surface area contributed by atoms with Crippen LogP contribution >= 0.6 is 0 Å². The van der Waals surface area contributed by atoms with E-state index in [1.807, 2.05) is 0 Å². The molecular weight excluding hydrogens is 212 g/mol. The zero-order valence-corrected chi connectivity index (χ0v) is 10.4. The number of hydrogen-bond donors (Lipinski definition) is 1. The van der Waals surface area contributed by atoms with Gasteiger partial charge < -0.3 is 10.0 Å². The Balaban J connectivity index is 1.89. The zero-order valence-electron chi connectivity index (χ0n) is 10.4. The van der Waals surface area contributed by atoms with Gasteiger partial charge in [0.15, 0.2) is 0 Å². The summed E-state index contributed by atoms with van der Waals surface area (Å²) in [5.74, 6) is 1.63. The fraction of sp³-hybridized carbons (Fsp3) is 0.643. The Hall–Kier alpha value is -1.09. The fourth-order valence-electron chi connectivity index (χ4n) is 3.14. The third-order valence-corrected chi connectivity index (χ3v) is 4.28. The molecule has 3 heteroatoms. The molecule has 0 amide bonds. The van der Waals surface area contributed by atoms with Crippen LogP contribution in [0.15, 0.2) is 12.1 Å². The summed E-state index contributed by atoms with van der Waals surface area (Å²) in [6.07, 6.45) is 4.70. The first kappa shape index (κ1) is 11.0. The molecule has 2 atom stereocenters. The van der Waals surface area contributed by atoms with E-state index in [4.69, 9.17) is 4.98 Å². The molecule has 1 aromatic heterocycles. The number of hydrogen-bond acceptors (Lipinski definition) is 3. The van der Waals surface area contributed by atoms with E-state index in [1.54, 1.807) is 0 Å². The molecule has 2 aliphatic rings. The predicted octanol–water partition coefficient (Wildman–Crippen LogP) is 1.78. The summed E-state index contributed by atoms with van der Waals surface area (Å²) in [7, 11) is 0. The zero-order chi connectivity index (χ0) is 11.8. The van der Waals surface area contributed by atoms with Crippen molar-refractivity contribution in [2.45, 2.75) is 38.6 Å². The predicted molar refractivity (Wildman–Crippen MR) is 68.3 cm³/mol. The summed E-state index contributed by atoms with van der Waals surface area (Å²) < 4.78 is 0. The molecule has 2 heterocycles. The highest BCUT2D eigenvalue weighted by molar-refractivity contribution is 5.45. The molecule has 1 aromatic rings. The van der Waals surface area contributed by atoms with E-state index in [0.29, 0.717) is 5.92 Å². The van der Waals surface area contributed by atoms with Crippen molar-refractivity contribution in [3.05, 3.63) is 23.4 Å². The van der Waals surface area contributed by atoms with Gasteiger partial charge in [-0.25, -0.2) is 4.98 Å². The monoisotopic (exact) mass is 232 g/mol. The van der Waals surface area contributed by atoms with Crippen molar-refractivity contribution in [2.75, 3.05) is 18.1 Å². The Labute approximate surface area is 102 Å². The van der Waals surface area contributed by atoms with Gasteiger partial charge >= 0.3 is 0 Å². The van der Waals surface area contributed by atoms with Crippen molar-refractivity contribution < 1.29 is 5.11 Å². The average Bonchev–Trinajstić information content (AvgIpc) is 2.93. The standard InChI is InChI=1S/C14H20N2O/c1-10-7-8-16(13(10)9-17)14-6-5-11-3-2-4-12(11)15-14/h5-6,10,13,17H,2-4,7-9H2,1H3. The highest BCUT2D eigenvalue weighted by Crippen LogP contribution is 2.30.